The van der Waals surface area contributed by atoms with Crippen molar-refractivity contribution in [3.8, 4) is 0 Å². The van der Waals surface area contributed by atoms with Crippen molar-refractivity contribution in [1.29, 1.82) is 0 Å². The maximum absolute atomic E-state index is 10.8. The Balaban J connectivity index is 1.93. The van der Waals surface area contributed by atoms with Crippen LogP contribution in [0, 0.1) is 17.0 Å². The topological polar surface area (TPSA) is 55.2 Å². The maximum atomic E-state index is 10.8. The lowest BCUT2D eigenvalue weighted by atomic mass is 10.1. The molecule has 2 rings (SSSR count). The highest BCUT2D eigenvalue weighted by Crippen LogP contribution is 2.23. The Morgan fingerprint density at radius 3 is 2.94 bits per heavy atom. The van der Waals surface area contributed by atoms with Gasteiger partial charge in [0.25, 0.3) is 5.69 Å². The number of aryl methyl sites for hydroxylation is 1. The Kier molecular flexibility index (Phi) is 3.97. The van der Waals surface area contributed by atoms with Crippen LogP contribution in [0.1, 0.15) is 31.2 Å². The summed E-state index contributed by atoms with van der Waals surface area (Å²) in [6.45, 7) is 2.59. The van der Waals surface area contributed by atoms with Gasteiger partial charge in [-0.2, -0.15) is 0 Å². The average Bonchev–Trinajstić information content (AvgIpc) is 2.84. The standard InChI is InChI=1S/C14H18N2O2/c1-11-6-7-13(10-14(11)16(17)18)15-9-8-12-4-2-3-5-12/h4,6-7,10,15H,2-3,5,8-9H2,1H3. The highest BCUT2D eigenvalue weighted by atomic mass is 16.6. The third-order valence-electron chi connectivity index (χ3n) is 3.32. The number of rotatable bonds is 5. The van der Waals surface area contributed by atoms with Gasteiger partial charge in [0.1, 0.15) is 0 Å². The second-order valence-electron chi connectivity index (χ2n) is 4.69. The summed E-state index contributed by atoms with van der Waals surface area (Å²) < 4.78 is 0. The summed E-state index contributed by atoms with van der Waals surface area (Å²) in [5.41, 5.74) is 3.21. The van der Waals surface area contributed by atoms with E-state index in [2.05, 4.69) is 11.4 Å². The molecule has 0 saturated carbocycles. The van der Waals surface area contributed by atoms with Gasteiger partial charge in [-0.15, -0.1) is 0 Å². The number of allylic oxidation sites excluding steroid dienone is 1. The van der Waals surface area contributed by atoms with E-state index < -0.39 is 0 Å². The normalized spacial score (nSPS) is 14.4. The van der Waals surface area contributed by atoms with Gasteiger partial charge in [0, 0.05) is 23.9 Å². The summed E-state index contributed by atoms with van der Waals surface area (Å²) in [5.74, 6) is 0. The first-order valence-corrected chi connectivity index (χ1v) is 6.33. The minimum absolute atomic E-state index is 0.181. The molecular weight excluding hydrogens is 228 g/mol. The van der Waals surface area contributed by atoms with Crippen LogP contribution in [-0.2, 0) is 0 Å². The van der Waals surface area contributed by atoms with Crippen LogP contribution in [0.5, 0.6) is 0 Å². The Hall–Kier alpha value is -1.84. The average molecular weight is 246 g/mol. The van der Waals surface area contributed by atoms with Gasteiger partial charge in [-0.1, -0.05) is 17.7 Å². The number of nitro benzene ring substituents is 1. The van der Waals surface area contributed by atoms with Crippen molar-refractivity contribution < 1.29 is 4.92 Å². The Morgan fingerprint density at radius 2 is 2.28 bits per heavy atom. The molecule has 4 heteroatoms. The van der Waals surface area contributed by atoms with Crippen LogP contribution in [0.2, 0.25) is 0 Å². The van der Waals surface area contributed by atoms with Crippen molar-refractivity contribution in [2.24, 2.45) is 0 Å². The van der Waals surface area contributed by atoms with Crippen LogP contribution in [0.15, 0.2) is 29.8 Å². The van der Waals surface area contributed by atoms with Gasteiger partial charge < -0.3 is 5.32 Å². The number of anilines is 1. The van der Waals surface area contributed by atoms with Gasteiger partial charge in [-0.3, -0.25) is 10.1 Å². The van der Waals surface area contributed by atoms with Gasteiger partial charge >= 0.3 is 0 Å². The van der Waals surface area contributed by atoms with Crippen LogP contribution in [0.4, 0.5) is 11.4 Å². The summed E-state index contributed by atoms with van der Waals surface area (Å²) >= 11 is 0. The third kappa shape index (κ3) is 3.09. The molecule has 0 aromatic heterocycles. The molecule has 1 N–H and O–H groups in total. The zero-order valence-corrected chi connectivity index (χ0v) is 10.6. The second kappa shape index (κ2) is 5.67. The summed E-state index contributed by atoms with van der Waals surface area (Å²) in [6, 6.07) is 5.29. The minimum atomic E-state index is -0.333. The van der Waals surface area contributed by atoms with Crippen LogP contribution < -0.4 is 5.32 Å². The zero-order chi connectivity index (χ0) is 13.0. The predicted octanol–water partition coefficient (Wildman–Crippen LogP) is 3.82. The monoisotopic (exact) mass is 246 g/mol. The maximum Gasteiger partial charge on any atom is 0.274 e. The van der Waals surface area contributed by atoms with Crippen molar-refractivity contribution in [3.05, 3.63) is 45.5 Å². The quantitative estimate of drug-likeness (QED) is 0.488. The highest BCUT2D eigenvalue weighted by molar-refractivity contribution is 5.54. The highest BCUT2D eigenvalue weighted by Gasteiger charge is 2.10. The molecule has 0 amide bonds. The summed E-state index contributed by atoms with van der Waals surface area (Å²) in [7, 11) is 0. The van der Waals surface area contributed by atoms with E-state index in [1.165, 1.54) is 24.8 Å². The molecule has 0 radical (unpaired) electrons. The van der Waals surface area contributed by atoms with Crippen molar-refractivity contribution >= 4 is 11.4 Å². The van der Waals surface area contributed by atoms with Gasteiger partial charge in [-0.05, 0) is 38.7 Å². The third-order valence-corrected chi connectivity index (χ3v) is 3.32. The van der Waals surface area contributed by atoms with Gasteiger partial charge in [0.2, 0.25) is 0 Å². The van der Waals surface area contributed by atoms with E-state index in [4.69, 9.17) is 0 Å². The predicted molar refractivity (Wildman–Crippen MR) is 72.9 cm³/mol. The Morgan fingerprint density at radius 1 is 1.44 bits per heavy atom. The molecule has 0 spiro atoms. The molecule has 0 bridgehead atoms. The first-order valence-electron chi connectivity index (χ1n) is 6.33. The zero-order valence-electron chi connectivity index (χ0n) is 10.6. The van der Waals surface area contributed by atoms with Crippen LogP contribution in [0.25, 0.3) is 0 Å². The van der Waals surface area contributed by atoms with Crippen molar-refractivity contribution in [2.45, 2.75) is 32.6 Å². The van der Waals surface area contributed by atoms with Gasteiger partial charge in [0.05, 0.1) is 4.92 Å². The smallest absolute Gasteiger partial charge is 0.274 e. The molecule has 0 fully saturated rings. The number of hydrogen-bond acceptors (Lipinski definition) is 3. The SMILES string of the molecule is Cc1ccc(NCCC2=CCCC2)cc1[N+](=O)[O-]. The van der Waals surface area contributed by atoms with Crippen LogP contribution >= 0.6 is 0 Å². The second-order valence-corrected chi connectivity index (χ2v) is 4.69. The lowest BCUT2D eigenvalue weighted by molar-refractivity contribution is -0.385. The van der Waals surface area contributed by atoms with E-state index in [0.29, 0.717) is 5.56 Å². The molecule has 1 aromatic rings. The van der Waals surface area contributed by atoms with Crippen molar-refractivity contribution in [2.75, 3.05) is 11.9 Å². The van der Waals surface area contributed by atoms with Gasteiger partial charge in [0.15, 0.2) is 0 Å². The molecule has 0 saturated heterocycles. The molecule has 18 heavy (non-hydrogen) atoms. The number of nitrogens with one attached hydrogen (secondary N) is 1. The lowest BCUT2D eigenvalue weighted by Crippen LogP contribution is -2.03. The fourth-order valence-corrected chi connectivity index (χ4v) is 2.25. The number of nitro groups is 1. The Bertz CT molecular complexity index is 481. The largest absolute Gasteiger partial charge is 0.385 e. The molecule has 1 aliphatic rings. The molecule has 0 unspecified atom stereocenters. The number of hydrogen-bond donors (Lipinski definition) is 1. The minimum Gasteiger partial charge on any atom is -0.385 e. The van der Waals surface area contributed by atoms with E-state index >= 15 is 0 Å². The van der Waals surface area contributed by atoms with Gasteiger partial charge in [-0.25, -0.2) is 0 Å². The van der Waals surface area contributed by atoms with Crippen molar-refractivity contribution in [1.82, 2.24) is 0 Å². The molecule has 0 heterocycles. The summed E-state index contributed by atoms with van der Waals surface area (Å²) in [5, 5.41) is 14.1. The summed E-state index contributed by atoms with van der Waals surface area (Å²) in [6.07, 6.45) is 7.01. The van der Waals surface area contributed by atoms with E-state index in [1.807, 2.05) is 6.07 Å². The molecule has 0 aliphatic heterocycles. The number of nitrogens with zero attached hydrogens (tertiary/aromatic N) is 1. The van der Waals surface area contributed by atoms with E-state index in [1.54, 1.807) is 19.1 Å². The first-order chi connectivity index (χ1) is 8.66. The fourth-order valence-electron chi connectivity index (χ4n) is 2.25. The number of benzene rings is 1. The molecular formula is C14H18N2O2. The van der Waals surface area contributed by atoms with E-state index in [0.717, 1.165) is 18.7 Å². The fraction of sp³-hybridized carbons (Fsp3) is 0.429. The molecule has 1 aromatic carbocycles. The van der Waals surface area contributed by atoms with Crippen LogP contribution in [-0.4, -0.2) is 11.5 Å². The van der Waals surface area contributed by atoms with Crippen LogP contribution in [0.3, 0.4) is 0 Å². The molecule has 1 aliphatic carbocycles. The molecule has 96 valence electrons. The molecule has 4 nitrogen and oxygen atoms in total. The van der Waals surface area contributed by atoms with E-state index in [-0.39, 0.29) is 10.6 Å². The van der Waals surface area contributed by atoms with Crippen molar-refractivity contribution in [3.63, 3.8) is 0 Å². The molecule has 0 atom stereocenters. The first kappa shape index (κ1) is 12.6. The Labute approximate surface area is 107 Å². The lowest BCUT2D eigenvalue weighted by Gasteiger charge is -2.07. The summed E-state index contributed by atoms with van der Waals surface area (Å²) in [4.78, 5) is 10.5. The van der Waals surface area contributed by atoms with E-state index in [9.17, 15) is 10.1 Å².